The minimum absolute atomic E-state index is 0.0757. The second kappa shape index (κ2) is 6.74. The second-order valence-corrected chi connectivity index (χ2v) is 6.05. The molecule has 0 aliphatic rings. The Bertz CT molecular complexity index is 537. The zero-order valence-electron chi connectivity index (χ0n) is 10.1. The topological polar surface area (TPSA) is 70.0 Å². The van der Waals surface area contributed by atoms with Gasteiger partial charge in [-0.1, -0.05) is 37.4 Å². The van der Waals surface area contributed by atoms with Gasteiger partial charge in [0.2, 0.25) is 10.0 Å². The van der Waals surface area contributed by atoms with E-state index in [-0.39, 0.29) is 4.90 Å². The summed E-state index contributed by atoms with van der Waals surface area (Å²) in [5.41, 5.74) is 0. The summed E-state index contributed by atoms with van der Waals surface area (Å²) >= 11 is 5.75. The van der Waals surface area contributed by atoms with Gasteiger partial charge in [-0.3, -0.25) is 0 Å². The number of hydrogen-bond donors (Lipinski definition) is 1. The van der Waals surface area contributed by atoms with Crippen LogP contribution in [0.4, 0.5) is 0 Å². The third-order valence-electron chi connectivity index (χ3n) is 2.41. The summed E-state index contributed by atoms with van der Waals surface area (Å²) in [4.78, 5) is 0.0757. The van der Waals surface area contributed by atoms with Crippen LogP contribution in [0.2, 0.25) is 5.02 Å². The molecule has 0 aliphatic carbocycles. The van der Waals surface area contributed by atoms with E-state index in [2.05, 4.69) is 4.72 Å². The van der Waals surface area contributed by atoms with Crippen molar-refractivity contribution in [1.82, 2.24) is 4.72 Å². The monoisotopic (exact) mass is 286 g/mol. The molecule has 1 aromatic rings. The van der Waals surface area contributed by atoms with Gasteiger partial charge in [0.05, 0.1) is 11.0 Å². The van der Waals surface area contributed by atoms with Crippen LogP contribution in [0, 0.1) is 11.3 Å². The Hall–Kier alpha value is -1.09. The Labute approximate surface area is 113 Å². The lowest BCUT2D eigenvalue weighted by molar-refractivity contribution is 0.557. The summed E-state index contributed by atoms with van der Waals surface area (Å²) in [6.07, 6.45) is 2.22. The summed E-state index contributed by atoms with van der Waals surface area (Å²) < 4.78 is 26.4. The molecule has 0 spiro atoms. The zero-order chi connectivity index (χ0) is 13.6. The van der Waals surface area contributed by atoms with Crippen LogP contribution in [-0.4, -0.2) is 14.5 Å². The Balaban J connectivity index is 2.84. The molecule has 18 heavy (non-hydrogen) atoms. The van der Waals surface area contributed by atoms with Crippen LogP contribution in [0.5, 0.6) is 0 Å². The van der Waals surface area contributed by atoms with Gasteiger partial charge >= 0.3 is 0 Å². The predicted molar refractivity (Wildman–Crippen MR) is 70.7 cm³/mol. The normalized spacial score (nSPS) is 12.9. The molecule has 0 heterocycles. The lowest BCUT2D eigenvalue weighted by atomic mass is 10.1. The van der Waals surface area contributed by atoms with Crippen molar-refractivity contribution < 1.29 is 8.42 Å². The van der Waals surface area contributed by atoms with Crippen molar-refractivity contribution in [2.24, 2.45) is 0 Å². The Morgan fingerprint density at radius 2 is 2.22 bits per heavy atom. The fourth-order valence-electron chi connectivity index (χ4n) is 1.45. The van der Waals surface area contributed by atoms with Crippen molar-refractivity contribution in [2.45, 2.75) is 37.1 Å². The minimum atomic E-state index is -3.68. The van der Waals surface area contributed by atoms with E-state index in [0.717, 1.165) is 12.8 Å². The van der Waals surface area contributed by atoms with Gasteiger partial charge in [-0.05, 0) is 24.6 Å². The number of halogens is 1. The minimum Gasteiger partial charge on any atom is -0.207 e. The van der Waals surface area contributed by atoms with Gasteiger partial charge in [0.1, 0.15) is 6.04 Å². The van der Waals surface area contributed by atoms with Crippen molar-refractivity contribution >= 4 is 21.6 Å². The second-order valence-electron chi connectivity index (χ2n) is 3.90. The third-order valence-corrected chi connectivity index (χ3v) is 4.11. The Morgan fingerprint density at radius 3 is 2.78 bits per heavy atom. The number of sulfonamides is 1. The first-order valence-electron chi connectivity index (χ1n) is 5.67. The van der Waals surface area contributed by atoms with Gasteiger partial charge in [-0.15, -0.1) is 0 Å². The van der Waals surface area contributed by atoms with Crippen LogP contribution < -0.4 is 4.72 Å². The predicted octanol–water partition coefficient (Wildman–Crippen LogP) is 2.70. The van der Waals surface area contributed by atoms with Crippen LogP contribution in [0.15, 0.2) is 29.2 Å². The van der Waals surface area contributed by atoms with E-state index in [1.807, 2.05) is 13.0 Å². The van der Waals surface area contributed by atoms with E-state index in [4.69, 9.17) is 16.9 Å². The smallest absolute Gasteiger partial charge is 0.207 e. The van der Waals surface area contributed by atoms with E-state index in [1.165, 1.54) is 12.1 Å². The van der Waals surface area contributed by atoms with Crippen molar-refractivity contribution in [3.63, 3.8) is 0 Å². The number of hydrogen-bond acceptors (Lipinski definition) is 3. The molecule has 0 saturated heterocycles. The first-order chi connectivity index (χ1) is 8.49. The third kappa shape index (κ3) is 4.30. The average Bonchev–Trinajstić information content (AvgIpc) is 2.34. The van der Waals surface area contributed by atoms with Gasteiger partial charge in [-0.2, -0.15) is 9.98 Å². The maximum absolute atomic E-state index is 12.0. The summed E-state index contributed by atoms with van der Waals surface area (Å²) in [6.45, 7) is 1.99. The molecule has 0 bridgehead atoms. The molecule has 1 aromatic carbocycles. The van der Waals surface area contributed by atoms with Gasteiger partial charge < -0.3 is 0 Å². The van der Waals surface area contributed by atoms with E-state index < -0.39 is 16.1 Å². The number of nitrogens with zero attached hydrogens (tertiary/aromatic N) is 1. The number of benzene rings is 1. The molecule has 0 amide bonds. The van der Waals surface area contributed by atoms with Crippen molar-refractivity contribution in [1.29, 1.82) is 5.26 Å². The molecule has 1 atom stereocenters. The molecule has 4 nitrogen and oxygen atoms in total. The fraction of sp³-hybridized carbons (Fsp3) is 0.417. The SMILES string of the molecule is CCCCC(C#N)NS(=O)(=O)c1cccc(Cl)c1. The molecular formula is C12H15ClN2O2S. The van der Waals surface area contributed by atoms with Crippen LogP contribution in [0.3, 0.4) is 0 Å². The molecule has 98 valence electrons. The van der Waals surface area contributed by atoms with Gasteiger partial charge in [-0.25, -0.2) is 8.42 Å². The lowest BCUT2D eigenvalue weighted by Crippen LogP contribution is -2.33. The molecule has 0 aliphatic heterocycles. The molecule has 0 saturated carbocycles. The lowest BCUT2D eigenvalue weighted by Gasteiger charge is -2.11. The fourth-order valence-corrected chi connectivity index (χ4v) is 2.92. The zero-order valence-corrected chi connectivity index (χ0v) is 11.6. The van der Waals surface area contributed by atoms with Crippen LogP contribution >= 0.6 is 11.6 Å². The quantitative estimate of drug-likeness (QED) is 0.874. The molecule has 6 heteroatoms. The highest BCUT2D eigenvalue weighted by Gasteiger charge is 2.19. The van der Waals surface area contributed by atoms with Crippen molar-refractivity contribution in [3.8, 4) is 6.07 Å². The highest BCUT2D eigenvalue weighted by Crippen LogP contribution is 2.16. The Kier molecular flexibility index (Phi) is 5.60. The first kappa shape index (κ1) is 15.0. The molecule has 0 aromatic heterocycles. The van der Waals surface area contributed by atoms with Crippen molar-refractivity contribution in [2.75, 3.05) is 0 Å². The number of unbranched alkanes of at least 4 members (excludes halogenated alkanes) is 1. The van der Waals surface area contributed by atoms with Crippen molar-refractivity contribution in [3.05, 3.63) is 29.3 Å². The molecule has 0 radical (unpaired) electrons. The first-order valence-corrected chi connectivity index (χ1v) is 7.53. The van der Waals surface area contributed by atoms with E-state index in [9.17, 15) is 8.42 Å². The molecule has 1 N–H and O–H groups in total. The molecule has 0 fully saturated rings. The highest BCUT2D eigenvalue weighted by atomic mass is 35.5. The van der Waals surface area contributed by atoms with E-state index >= 15 is 0 Å². The summed E-state index contributed by atoms with van der Waals surface area (Å²) in [7, 11) is -3.68. The largest absolute Gasteiger partial charge is 0.241 e. The van der Waals surface area contributed by atoms with Crippen LogP contribution in [0.1, 0.15) is 26.2 Å². The van der Waals surface area contributed by atoms with Crippen LogP contribution in [-0.2, 0) is 10.0 Å². The maximum atomic E-state index is 12.0. The van der Waals surface area contributed by atoms with Gasteiger partial charge in [0.25, 0.3) is 0 Å². The summed E-state index contributed by atoms with van der Waals surface area (Å²) in [5.74, 6) is 0. The number of nitriles is 1. The van der Waals surface area contributed by atoms with Gasteiger partial charge in [0, 0.05) is 5.02 Å². The van der Waals surface area contributed by atoms with E-state index in [1.54, 1.807) is 12.1 Å². The van der Waals surface area contributed by atoms with Crippen LogP contribution in [0.25, 0.3) is 0 Å². The van der Waals surface area contributed by atoms with E-state index in [0.29, 0.717) is 11.4 Å². The molecular weight excluding hydrogens is 272 g/mol. The molecule has 1 rings (SSSR count). The summed E-state index contributed by atoms with van der Waals surface area (Å²) in [6, 6.07) is 7.22. The molecule has 1 unspecified atom stereocenters. The number of nitrogens with one attached hydrogen (secondary N) is 1. The standard InChI is InChI=1S/C12H15ClN2O2S/c1-2-3-6-11(9-14)15-18(16,17)12-7-4-5-10(13)8-12/h4-5,7-8,11,15H,2-3,6H2,1H3. The average molecular weight is 287 g/mol. The van der Waals surface area contributed by atoms with Gasteiger partial charge in [0.15, 0.2) is 0 Å². The maximum Gasteiger partial charge on any atom is 0.241 e. The highest BCUT2D eigenvalue weighted by molar-refractivity contribution is 7.89. The Morgan fingerprint density at radius 1 is 1.50 bits per heavy atom. The number of rotatable bonds is 6. The summed E-state index contributed by atoms with van der Waals surface area (Å²) in [5, 5.41) is 9.26.